The predicted octanol–water partition coefficient (Wildman–Crippen LogP) is 2.76. The molecule has 118 valence electrons. The van der Waals surface area contributed by atoms with Crippen LogP contribution in [0.15, 0.2) is 18.2 Å². The number of halogens is 5. The molecule has 0 radical (unpaired) electrons. The van der Waals surface area contributed by atoms with E-state index < -0.39 is 37.1 Å². The summed E-state index contributed by atoms with van der Waals surface area (Å²) < 4.78 is 48.7. The fourth-order valence-electron chi connectivity index (χ4n) is 1.41. The summed E-state index contributed by atoms with van der Waals surface area (Å²) in [6.07, 6.45) is -6.70. The Morgan fingerprint density at radius 1 is 1.33 bits per heavy atom. The number of amides is 2. The number of carbonyl (C=O) groups is 1. The quantitative estimate of drug-likeness (QED) is 0.728. The molecular formula is C12H13ClF4N2O2. The number of rotatable bonds is 5. The van der Waals surface area contributed by atoms with Crippen LogP contribution >= 0.6 is 11.6 Å². The van der Waals surface area contributed by atoms with Crippen molar-refractivity contribution in [1.82, 2.24) is 10.6 Å². The number of aliphatic hydroxyl groups is 1. The summed E-state index contributed by atoms with van der Waals surface area (Å²) in [5, 5.41) is 13.8. The van der Waals surface area contributed by atoms with Gasteiger partial charge < -0.3 is 15.7 Å². The van der Waals surface area contributed by atoms with E-state index in [4.69, 9.17) is 11.6 Å². The number of aliphatic hydroxyl groups excluding tert-OH is 1. The van der Waals surface area contributed by atoms with Gasteiger partial charge in [0.25, 0.3) is 0 Å². The fourth-order valence-corrected chi connectivity index (χ4v) is 1.52. The van der Waals surface area contributed by atoms with Crippen LogP contribution in [0.5, 0.6) is 0 Å². The van der Waals surface area contributed by atoms with Gasteiger partial charge >= 0.3 is 12.2 Å². The Hall–Kier alpha value is -1.54. The number of alkyl halides is 3. The van der Waals surface area contributed by atoms with E-state index in [1.54, 1.807) is 0 Å². The van der Waals surface area contributed by atoms with E-state index >= 15 is 0 Å². The standard InChI is InChI=1S/C12H13ClF4N2O2/c13-8-2-1-7(5-9(8)14)10(20)6-19-11(21)18-4-3-12(15,16)17/h1-2,5,10,20H,3-4,6H2,(H2,18,19,21). The minimum Gasteiger partial charge on any atom is -0.387 e. The molecule has 0 aliphatic heterocycles. The monoisotopic (exact) mass is 328 g/mol. The topological polar surface area (TPSA) is 61.4 Å². The normalized spacial score (nSPS) is 12.9. The molecule has 1 aromatic carbocycles. The summed E-state index contributed by atoms with van der Waals surface area (Å²) in [7, 11) is 0. The van der Waals surface area contributed by atoms with Crippen LogP contribution in [-0.2, 0) is 0 Å². The van der Waals surface area contributed by atoms with E-state index in [-0.39, 0.29) is 17.1 Å². The number of benzene rings is 1. The number of nitrogens with one attached hydrogen (secondary N) is 2. The van der Waals surface area contributed by atoms with E-state index in [1.165, 1.54) is 12.1 Å². The maximum atomic E-state index is 13.2. The highest BCUT2D eigenvalue weighted by Gasteiger charge is 2.26. The first-order chi connectivity index (χ1) is 9.69. The zero-order valence-electron chi connectivity index (χ0n) is 10.7. The van der Waals surface area contributed by atoms with Crippen LogP contribution in [0.4, 0.5) is 22.4 Å². The van der Waals surface area contributed by atoms with Gasteiger partial charge in [-0.25, -0.2) is 9.18 Å². The molecule has 4 nitrogen and oxygen atoms in total. The molecule has 0 aliphatic rings. The highest BCUT2D eigenvalue weighted by molar-refractivity contribution is 6.30. The molecule has 0 spiro atoms. The van der Waals surface area contributed by atoms with Gasteiger partial charge in [-0.3, -0.25) is 0 Å². The average molecular weight is 329 g/mol. The van der Waals surface area contributed by atoms with E-state index in [2.05, 4.69) is 5.32 Å². The predicted molar refractivity (Wildman–Crippen MR) is 68.4 cm³/mol. The zero-order chi connectivity index (χ0) is 16.0. The highest BCUT2D eigenvalue weighted by atomic mass is 35.5. The van der Waals surface area contributed by atoms with Crippen molar-refractivity contribution in [3.63, 3.8) is 0 Å². The lowest BCUT2D eigenvalue weighted by Crippen LogP contribution is -2.39. The molecular weight excluding hydrogens is 316 g/mol. The van der Waals surface area contributed by atoms with Gasteiger partial charge in [-0.15, -0.1) is 0 Å². The van der Waals surface area contributed by atoms with Crippen molar-refractivity contribution in [1.29, 1.82) is 0 Å². The van der Waals surface area contributed by atoms with Crippen LogP contribution in [0.3, 0.4) is 0 Å². The molecule has 9 heteroatoms. The first-order valence-electron chi connectivity index (χ1n) is 5.90. The third kappa shape index (κ3) is 6.63. The van der Waals surface area contributed by atoms with Crippen LogP contribution in [-0.4, -0.2) is 30.4 Å². The number of hydrogen-bond donors (Lipinski definition) is 3. The SMILES string of the molecule is O=C(NCCC(F)(F)F)NCC(O)c1ccc(Cl)c(F)c1. The van der Waals surface area contributed by atoms with Gasteiger partial charge in [0.05, 0.1) is 17.5 Å². The second kappa shape index (κ2) is 7.46. The van der Waals surface area contributed by atoms with Crippen LogP contribution < -0.4 is 10.6 Å². The van der Waals surface area contributed by atoms with Crippen molar-refractivity contribution >= 4 is 17.6 Å². The van der Waals surface area contributed by atoms with Crippen molar-refractivity contribution < 1.29 is 27.5 Å². The Kier molecular flexibility index (Phi) is 6.22. The molecule has 1 unspecified atom stereocenters. The van der Waals surface area contributed by atoms with Gasteiger partial charge in [-0.1, -0.05) is 17.7 Å². The molecule has 0 saturated carbocycles. The summed E-state index contributed by atoms with van der Waals surface area (Å²) in [4.78, 5) is 11.2. The largest absolute Gasteiger partial charge is 0.390 e. The summed E-state index contributed by atoms with van der Waals surface area (Å²) >= 11 is 5.48. The maximum absolute atomic E-state index is 13.2. The van der Waals surface area contributed by atoms with E-state index in [9.17, 15) is 27.5 Å². The lowest BCUT2D eigenvalue weighted by Gasteiger charge is -2.13. The molecule has 0 heterocycles. The third-order valence-corrected chi connectivity index (χ3v) is 2.78. The third-order valence-electron chi connectivity index (χ3n) is 2.48. The van der Waals surface area contributed by atoms with Crippen LogP contribution in [0.2, 0.25) is 5.02 Å². The molecule has 2 amide bonds. The highest BCUT2D eigenvalue weighted by Crippen LogP contribution is 2.20. The molecule has 21 heavy (non-hydrogen) atoms. The van der Waals surface area contributed by atoms with Gasteiger partial charge in [0, 0.05) is 13.1 Å². The molecule has 1 aromatic rings. The Labute approximate surface area is 123 Å². The van der Waals surface area contributed by atoms with Crippen molar-refractivity contribution in [2.24, 2.45) is 0 Å². The van der Waals surface area contributed by atoms with Gasteiger partial charge in [-0.05, 0) is 17.7 Å². The van der Waals surface area contributed by atoms with Crippen molar-refractivity contribution in [2.75, 3.05) is 13.1 Å². The Balaban J connectivity index is 2.36. The molecule has 1 rings (SSSR count). The smallest absolute Gasteiger partial charge is 0.387 e. The molecule has 3 N–H and O–H groups in total. The molecule has 0 aliphatic carbocycles. The summed E-state index contributed by atoms with van der Waals surface area (Å²) in [6.45, 7) is -0.847. The lowest BCUT2D eigenvalue weighted by atomic mass is 10.1. The summed E-state index contributed by atoms with van der Waals surface area (Å²) in [6, 6.07) is 2.78. The van der Waals surface area contributed by atoms with E-state index in [0.29, 0.717) is 0 Å². The minimum absolute atomic E-state index is 0.108. The lowest BCUT2D eigenvalue weighted by molar-refractivity contribution is -0.132. The van der Waals surface area contributed by atoms with Gasteiger partial charge in [0.15, 0.2) is 0 Å². The van der Waals surface area contributed by atoms with E-state index in [1.807, 2.05) is 5.32 Å². The molecule has 0 saturated heterocycles. The molecule has 0 aromatic heterocycles. The van der Waals surface area contributed by atoms with Gasteiger partial charge in [0.2, 0.25) is 0 Å². The first kappa shape index (κ1) is 17.5. The van der Waals surface area contributed by atoms with Crippen LogP contribution in [0.1, 0.15) is 18.1 Å². The van der Waals surface area contributed by atoms with Crippen molar-refractivity contribution in [3.8, 4) is 0 Å². The summed E-state index contributed by atoms with van der Waals surface area (Å²) in [5.41, 5.74) is 0.187. The molecule has 0 bridgehead atoms. The second-order valence-electron chi connectivity index (χ2n) is 4.19. The fraction of sp³-hybridized carbons (Fsp3) is 0.417. The molecule has 0 fully saturated rings. The summed E-state index contributed by atoms with van der Waals surface area (Å²) in [5.74, 6) is -0.720. The molecule has 1 atom stereocenters. The Bertz CT molecular complexity index is 497. The van der Waals surface area contributed by atoms with E-state index in [0.717, 1.165) is 6.07 Å². The average Bonchev–Trinajstić information content (AvgIpc) is 2.37. The van der Waals surface area contributed by atoms with Gasteiger partial charge in [0.1, 0.15) is 5.82 Å². The first-order valence-corrected chi connectivity index (χ1v) is 6.28. The number of hydrogen-bond acceptors (Lipinski definition) is 2. The van der Waals surface area contributed by atoms with Crippen molar-refractivity contribution in [3.05, 3.63) is 34.6 Å². The number of carbonyl (C=O) groups excluding carboxylic acids is 1. The zero-order valence-corrected chi connectivity index (χ0v) is 11.4. The minimum atomic E-state index is -4.35. The van der Waals surface area contributed by atoms with Gasteiger partial charge in [-0.2, -0.15) is 13.2 Å². The second-order valence-corrected chi connectivity index (χ2v) is 4.60. The Morgan fingerprint density at radius 2 is 2.00 bits per heavy atom. The van der Waals surface area contributed by atoms with Crippen LogP contribution in [0, 0.1) is 5.82 Å². The van der Waals surface area contributed by atoms with Crippen molar-refractivity contribution in [2.45, 2.75) is 18.7 Å². The number of urea groups is 1. The Morgan fingerprint density at radius 3 is 2.57 bits per heavy atom. The van der Waals surface area contributed by atoms with Crippen LogP contribution in [0.25, 0.3) is 0 Å². The maximum Gasteiger partial charge on any atom is 0.390 e.